The maximum atomic E-state index is 12.5. The van der Waals surface area contributed by atoms with Gasteiger partial charge in [-0.1, -0.05) is 12.1 Å². The maximum absolute atomic E-state index is 12.5. The Morgan fingerprint density at radius 2 is 1.85 bits per heavy atom. The normalized spacial score (nSPS) is 14.3. The molecule has 0 saturated carbocycles. The van der Waals surface area contributed by atoms with Crippen molar-refractivity contribution in [2.24, 2.45) is 0 Å². The summed E-state index contributed by atoms with van der Waals surface area (Å²) in [5.41, 5.74) is 1.68. The largest absolute Gasteiger partial charge is 0.356 e. The number of amides is 2. The van der Waals surface area contributed by atoms with Gasteiger partial charge in [0.25, 0.3) is 0 Å². The van der Waals surface area contributed by atoms with Crippen LogP contribution in [-0.4, -0.2) is 45.5 Å². The van der Waals surface area contributed by atoms with Crippen LogP contribution in [0.3, 0.4) is 0 Å². The Morgan fingerprint density at radius 3 is 2.50 bits per heavy atom. The quantitative estimate of drug-likeness (QED) is 0.724. The molecule has 0 radical (unpaired) electrons. The lowest BCUT2D eigenvalue weighted by molar-refractivity contribution is -0.127. The topological polar surface area (TPSA) is 76.3 Å². The van der Waals surface area contributed by atoms with Crippen LogP contribution in [0.5, 0.6) is 0 Å². The Bertz CT molecular complexity index is 852. The lowest BCUT2D eigenvalue weighted by atomic mass is 10.3. The van der Waals surface area contributed by atoms with E-state index >= 15 is 0 Å². The molecule has 2 heterocycles. The molecule has 0 bridgehead atoms. The molecule has 1 aliphatic rings. The second kappa shape index (κ2) is 8.21. The molecule has 140 valence electrons. The van der Waals surface area contributed by atoms with E-state index < -0.39 is 0 Å². The van der Waals surface area contributed by atoms with Gasteiger partial charge in [-0.05, 0) is 31.9 Å². The molecule has 0 atom stereocenters. The minimum Gasteiger partial charge on any atom is -0.356 e. The standard InChI is InChI=1S/C19H26N4O3/c1-2-22-15-7-3-4-8-16(15)23(19(22)26)14-10-17(24)20-11-6-13-21-12-5-9-18(21)25/h3-4,7-8H,2,5-6,9-14H2,1H3,(H,20,24). The first-order chi connectivity index (χ1) is 12.6. The molecule has 1 aromatic carbocycles. The van der Waals surface area contributed by atoms with E-state index in [1.54, 1.807) is 9.13 Å². The lowest BCUT2D eigenvalue weighted by Gasteiger charge is -2.15. The zero-order valence-corrected chi connectivity index (χ0v) is 15.2. The molecular weight excluding hydrogens is 332 g/mol. The number of para-hydroxylation sites is 2. The van der Waals surface area contributed by atoms with Gasteiger partial charge in [0.15, 0.2) is 0 Å². The van der Waals surface area contributed by atoms with Gasteiger partial charge in [0.2, 0.25) is 11.8 Å². The number of aromatic nitrogens is 2. The number of hydrogen-bond donors (Lipinski definition) is 1. The Morgan fingerprint density at radius 1 is 1.12 bits per heavy atom. The van der Waals surface area contributed by atoms with E-state index in [-0.39, 0.29) is 23.9 Å². The number of carbonyl (C=O) groups is 2. The second-order valence-electron chi connectivity index (χ2n) is 6.61. The molecule has 7 heteroatoms. The molecule has 1 aliphatic heterocycles. The van der Waals surface area contributed by atoms with Crippen molar-refractivity contribution in [1.82, 2.24) is 19.4 Å². The number of benzene rings is 1. The number of carbonyl (C=O) groups excluding carboxylic acids is 2. The third kappa shape index (κ3) is 3.81. The van der Waals surface area contributed by atoms with Crippen molar-refractivity contribution in [2.45, 2.75) is 45.7 Å². The summed E-state index contributed by atoms with van der Waals surface area (Å²) >= 11 is 0. The average Bonchev–Trinajstić information content (AvgIpc) is 3.17. The summed E-state index contributed by atoms with van der Waals surface area (Å²) < 4.78 is 3.39. The van der Waals surface area contributed by atoms with Crippen molar-refractivity contribution in [3.63, 3.8) is 0 Å². The van der Waals surface area contributed by atoms with Gasteiger partial charge in [0.05, 0.1) is 11.0 Å². The summed E-state index contributed by atoms with van der Waals surface area (Å²) in [6, 6.07) is 7.65. The first-order valence-corrected chi connectivity index (χ1v) is 9.34. The van der Waals surface area contributed by atoms with Crippen molar-refractivity contribution in [3.05, 3.63) is 34.7 Å². The molecule has 2 amide bonds. The highest BCUT2D eigenvalue weighted by atomic mass is 16.2. The summed E-state index contributed by atoms with van der Waals surface area (Å²) in [6.45, 7) is 4.99. The van der Waals surface area contributed by atoms with Crippen LogP contribution in [-0.2, 0) is 22.7 Å². The van der Waals surface area contributed by atoms with Crippen molar-refractivity contribution >= 4 is 22.8 Å². The fourth-order valence-corrected chi connectivity index (χ4v) is 3.53. The average molecular weight is 358 g/mol. The molecule has 1 aromatic heterocycles. The van der Waals surface area contributed by atoms with E-state index in [4.69, 9.17) is 0 Å². The predicted octanol–water partition coefficient (Wildman–Crippen LogP) is 1.34. The molecule has 1 fully saturated rings. The van der Waals surface area contributed by atoms with E-state index in [2.05, 4.69) is 5.32 Å². The number of nitrogens with one attached hydrogen (secondary N) is 1. The molecular formula is C19H26N4O3. The highest BCUT2D eigenvalue weighted by molar-refractivity contribution is 5.78. The molecule has 26 heavy (non-hydrogen) atoms. The van der Waals surface area contributed by atoms with Gasteiger partial charge < -0.3 is 10.2 Å². The van der Waals surface area contributed by atoms with Gasteiger partial charge in [0.1, 0.15) is 0 Å². The van der Waals surface area contributed by atoms with Crippen LogP contribution in [0.2, 0.25) is 0 Å². The van der Waals surface area contributed by atoms with E-state index in [0.29, 0.717) is 32.6 Å². The third-order valence-corrected chi connectivity index (χ3v) is 4.90. The number of hydrogen-bond acceptors (Lipinski definition) is 3. The Hall–Kier alpha value is -2.57. The minimum atomic E-state index is -0.0750. The lowest BCUT2D eigenvalue weighted by Crippen LogP contribution is -2.31. The first kappa shape index (κ1) is 18.2. The molecule has 7 nitrogen and oxygen atoms in total. The van der Waals surface area contributed by atoms with Crippen LogP contribution in [0, 0.1) is 0 Å². The summed E-state index contributed by atoms with van der Waals surface area (Å²) in [7, 11) is 0. The Kier molecular flexibility index (Phi) is 5.75. The van der Waals surface area contributed by atoms with Crippen molar-refractivity contribution < 1.29 is 9.59 Å². The maximum Gasteiger partial charge on any atom is 0.329 e. The van der Waals surface area contributed by atoms with Crippen molar-refractivity contribution in [2.75, 3.05) is 19.6 Å². The fourth-order valence-electron chi connectivity index (χ4n) is 3.53. The first-order valence-electron chi connectivity index (χ1n) is 9.34. The van der Waals surface area contributed by atoms with Gasteiger partial charge >= 0.3 is 5.69 Å². The second-order valence-corrected chi connectivity index (χ2v) is 6.61. The van der Waals surface area contributed by atoms with Crippen LogP contribution in [0.4, 0.5) is 0 Å². The zero-order chi connectivity index (χ0) is 18.5. The molecule has 0 aliphatic carbocycles. The number of imidazole rings is 1. The van der Waals surface area contributed by atoms with Crippen molar-refractivity contribution in [3.8, 4) is 0 Å². The molecule has 0 spiro atoms. The van der Waals surface area contributed by atoms with E-state index in [1.807, 2.05) is 36.1 Å². The smallest absolute Gasteiger partial charge is 0.329 e. The van der Waals surface area contributed by atoms with Crippen molar-refractivity contribution in [1.29, 1.82) is 0 Å². The van der Waals surface area contributed by atoms with Gasteiger partial charge in [-0.15, -0.1) is 0 Å². The van der Waals surface area contributed by atoms with Crippen LogP contribution < -0.4 is 11.0 Å². The van der Waals surface area contributed by atoms with Crippen LogP contribution in [0.25, 0.3) is 11.0 Å². The van der Waals surface area contributed by atoms with E-state index in [9.17, 15) is 14.4 Å². The highest BCUT2D eigenvalue weighted by Gasteiger charge is 2.19. The van der Waals surface area contributed by atoms with Gasteiger partial charge in [-0.2, -0.15) is 0 Å². The number of likely N-dealkylation sites (tertiary alicyclic amines) is 1. The third-order valence-electron chi connectivity index (χ3n) is 4.90. The van der Waals surface area contributed by atoms with Gasteiger partial charge in [-0.25, -0.2) is 4.79 Å². The summed E-state index contributed by atoms with van der Waals surface area (Å²) in [6.07, 6.45) is 2.60. The molecule has 0 unspecified atom stereocenters. The fraction of sp³-hybridized carbons (Fsp3) is 0.526. The van der Waals surface area contributed by atoms with E-state index in [0.717, 1.165) is 30.4 Å². The monoisotopic (exact) mass is 358 g/mol. The molecule has 3 rings (SSSR count). The molecule has 2 aromatic rings. The van der Waals surface area contributed by atoms with Crippen LogP contribution in [0.1, 0.15) is 32.6 Å². The number of fused-ring (bicyclic) bond motifs is 1. The van der Waals surface area contributed by atoms with Crippen LogP contribution in [0.15, 0.2) is 29.1 Å². The van der Waals surface area contributed by atoms with Gasteiger partial charge in [0, 0.05) is 45.6 Å². The Labute approximate surface area is 152 Å². The van der Waals surface area contributed by atoms with Gasteiger partial charge in [-0.3, -0.25) is 18.7 Å². The summed E-state index contributed by atoms with van der Waals surface area (Å²) in [5.74, 6) is 0.140. The minimum absolute atomic E-state index is 0.0713. The van der Waals surface area contributed by atoms with Crippen LogP contribution >= 0.6 is 0 Å². The van der Waals surface area contributed by atoms with E-state index in [1.165, 1.54) is 0 Å². The summed E-state index contributed by atoms with van der Waals surface area (Å²) in [4.78, 5) is 38.0. The molecule has 1 N–H and O–H groups in total. The Balaban J connectivity index is 1.50. The zero-order valence-electron chi connectivity index (χ0n) is 15.2. The predicted molar refractivity (Wildman–Crippen MR) is 99.9 cm³/mol. The number of aryl methyl sites for hydroxylation is 2. The molecule has 1 saturated heterocycles. The number of rotatable bonds is 8. The summed E-state index contributed by atoms with van der Waals surface area (Å²) in [5, 5.41) is 2.88. The number of nitrogens with zero attached hydrogens (tertiary/aromatic N) is 3. The SMILES string of the molecule is CCn1c(=O)n(CCC(=O)NCCCN2CCCC2=O)c2ccccc21. The highest BCUT2D eigenvalue weighted by Crippen LogP contribution is 2.13.